The van der Waals surface area contributed by atoms with Crippen molar-refractivity contribution in [2.75, 3.05) is 0 Å². The molecule has 2 saturated carbocycles. The van der Waals surface area contributed by atoms with E-state index in [-0.39, 0.29) is 11.1 Å². The Labute approximate surface area is 131 Å². The van der Waals surface area contributed by atoms with Crippen molar-refractivity contribution >= 4 is 0 Å². The van der Waals surface area contributed by atoms with E-state index in [1.54, 1.807) is 0 Å². The summed E-state index contributed by atoms with van der Waals surface area (Å²) < 4.78 is 0. The van der Waals surface area contributed by atoms with Crippen molar-refractivity contribution in [2.24, 2.45) is 23.5 Å². The molecule has 2 N–H and O–H groups in total. The third-order valence-corrected chi connectivity index (χ3v) is 6.86. The van der Waals surface area contributed by atoms with E-state index in [0.717, 1.165) is 36.6 Å². The van der Waals surface area contributed by atoms with Crippen LogP contribution in [0.25, 0.3) is 0 Å². The van der Waals surface area contributed by atoms with Gasteiger partial charge in [-0.15, -0.1) is 0 Å². The lowest BCUT2D eigenvalue weighted by molar-refractivity contribution is -0.115. The molecule has 3 aliphatic rings. The lowest BCUT2D eigenvalue weighted by Crippen LogP contribution is -2.69. The minimum Gasteiger partial charge on any atom is -0.328 e. The first-order valence-corrected chi connectivity index (χ1v) is 9.27. The van der Waals surface area contributed by atoms with Gasteiger partial charge in [-0.05, 0) is 77.6 Å². The third-order valence-electron chi connectivity index (χ3n) is 6.86. The lowest BCUT2D eigenvalue weighted by atomic mass is 9.67. The largest absolute Gasteiger partial charge is 0.328 e. The molecule has 0 amide bonds. The highest BCUT2D eigenvalue weighted by Crippen LogP contribution is 2.51. The van der Waals surface area contributed by atoms with Crippen LogP contribution in [0.1, 0.15) is 79.6 Å². The second kappa shape index (κ2) is 5.23. The second-order valence-electron chi connectivity index (χ2n) is 9.56. The van der Waals surface area contributed by atoms with E-state index >= 15 is 0 Å². The highest BCUT2D eigenvalue weighted by Gasteiger charge is 2.53. The van der Waals surface area contributed by atoms with Crippen LogP contribution in [0.5, 0.6) is 0 Å². The molecule has 4 atom stereocenters. The maximum Gasteiger partial charge on any atom is 0.0176 e. The second-order valence-corrected chi connectivity index (χ2v) is 9.56. The summed E-state index contributed by atoms with van der Waals surface area (Å²) in [5, 5.41) is 0. The van der Waals surface area contributed by atoms with Gasteiger partial charge in [0.2, 0.25) is 0 Å². The summed E-state index contributed by atoms with van der Waals surface area (Å²) in [7, 11) is 0. The zero-order valence-electron chi connectivity index (χ0n) is 14.9. The summed E-state index contributed by atoms with van der Waals surface area (Å²) >= 11 is 0. The van der Waals surface area contributed by atoms with Crippen LogP contribution in [0, 0.1) is 17.8 Å². The summed E-state index contributed by atoms with van der Waals surface area (Å²) in [6.07, 6.45) is 9.63. The van der Waals surface area contributed by atoms with E-state index in [9.17, 15) is 0 Å². The molecule has 1 saturated heterocycles. The van der Waals surface area contributed by atoms with Crippen LogP contribution in [0.3, 0.4) is 0 Å². The molecule has 3 fully saturated rings. The van der Waals surface area contributed by atoms with Gasteiger partial charge in [0.05, 0.1) is 0 Å². The maximum absolute atomic E-state index is 6.39. The summed E-state index contributed by atoms with van der Waals surface area (Å²) in [6.45, 7) is 12.3. The number of hydrogen-bond donors (Lipinski definition) is 1. The summed E-state index contributed by atoms with van der Waals surface area (Å²) in [4.78, 5) is 2.93. The van der Waals surface area contributed by atoms with Gasteiger partial charge in [0.1, 0.15) is 0 Å². The van der Waals surface area contributed by atoms with E-state index in [0.29, 0.717) is 6.04 Å². The molecule has 0 aromatic carbocycles. The SMILES string of the molecule is CC1CCC2CCCC2C1N1C(C)(C)CC(N)CC1(C)C. The van der Waals surface area contributed by atoms with Crippen molar-refractivity contribution in [2.45, 2.75) is 103 Å². The highest BCUT2D eigenvalue weighted by molar-refractivity contribution is 5.08. The molecule has 0 aromatic heterocycles. The van der Waals surface area contributed by atoms with Gasteiger partial charge in [-0.2, -0.15) is 0 Å². The van der Waals surface area contributed by atoms with Crippen LogP contribution in [0.15, 0.2) is 0 Å². The molecule has 3 rings (SSSR count). The predicted molar refractivity (Wildman–Crippen MR) is 90.2 cm³/mol. The molecule has 122 valence electrons. The van der Waals surface area contributed by atoms with Gasteiger partial charge in [-0.25, -0.2) is 0 Å². The Morgan fingerprint density at radius 3 is 2.14 bits per heavy atom. The van der Waals surface area contributed by atoms with Gasteiger partial charge in [0.25, 0.3) is 0 Å². The van der Waals surface area contributed by atoms with E-state index in [1.807, 2.05) is 0 Å². The minimum atomic E-state index is 0.241. The van der Waals surface area contributed by atoms with E-state index in [2.05, 4.69) is 39.5 Å². The van der Waals surface area contributed by atoms with Crippen molar-refractivity contribution in [3.05, 3.63) is 0 Å². The minimum absolute atomic E-state index is 0.241. The first kappa shape index (κ1) is 15.8. The quantitative estimate of drug-likeness (QED) is 0.785. The van der Waals surface area contributed by atoms with E-state index in [4.69, 9.17) is 5.73 Å². The molecule has 2 heteroatoms. The van der Waals surface area contributed by atoms with Crippen molar-refractivity contribution in [3.63, 3.8) is 0 Å². The Bertz CT molecular complexity index is 369. The molecule has 1 heterocycles. The average Bonchev–Trinajstić information content (AvgIpc) is 2.77. The molecule has 0 radical (unpaired) electrons. The number of rotatable bonds is 1. The van der Waals surface area contributed by atoms with Crippen LogP contribution in [0.2, 0.25) is 0 Å². The van der Waals surface area contributed by atoms with Gasteiger partial charge in [0.15, 0.2) is 0 Å². The van der Waals surface area contributed by atoms with Crippen LogP contribution in [0.4, 0.5) is 0 Å². The zero-order valence-corrected chi connectivity index (χ0v) is 14.9. The summed E-state index contributed by atoms with van der Waals surface area (Å²) in [5.41, 5.74) is 6.87. The molecule has 1 aliphatic heterocycles. The Hall–Kier alpha value is -0.0800. The number of fused-ring (bicyclic) bond motifs is 1. The zero-order chi connectivity index (χ0) is 15.4. The normalized spacial score (nSPS) is 43.7. The number of piperidine rings is 1. The first-order valence-electron chi connectivity index (χ1n) is 9.27. The van der Waals surface area contributed by atoms with Crippen molar-refractivity contribution in [3.8, 4) is 0 Å². The number of nitrogens with two attached hydrogens (primary N) is 1. The molecule has 0 aromatic rings. The van der Waals surface area contributed by atoms with Crippen LogP contribution >= 0.6 is 0 Å². The molecular formula is C19H36N2. The van der Waals surface area contributed by atoms with Gasteiger partial charge >= 0.3 is 0 Å². The molecule has 21 heavy (non-hydrogen) atoms. The topological polar surface area (TPSA) is 29.3 Å². The molecule has 2 nitrogen and oxygen atoms in total. The standard InChI is InChI=1S/C19H36N2/c1-13-9-10-14-7-6-8-16(14)17(13)21-18(2,3)11-15(20)12-19(21,4)5/h13-17H,6-12,20H2,1-5H3. The Morgan fingerprint density at radius 2 is 1.52 bits per heavy atom. The highest BCUT2D eigenvalue weighted by atomic mass is 15.3. The Balaban J connectivity index is 1.95. The van der Waals surface area contributed by atoms with E-state index in [1.165, 1.54) is 32.1 Å². The van der Waals surface area contributed by atoms with Gasteiger partial charge < -0.3 is 5.73 Å². The maximum atomic E-state index is 6.39. The first-order chi connectivity index (χ1) is 9.72. The van der Waals surface area contributed by atoms with Crippen LogP contribution in [-0.4, -0.2) is 28.1 Å². The molecule has 0 bridgehead atoms. The van der Waals surface area contributed by atoms with Crippen molar-refractivity contribution in [1.82, 2.24) is 4.90 Å². The van der Waals surface area contributed by atoms with E-state index < -0.39 is 0 Å². The smallest absolute Gasteiger partial charge is 0.0176 e. The number of likely N-dealkylation sites (tertiary alicyclic amines) is 1. The molecular weight excluding hydrogens is 256 g/mol. The third kappa shape index (κ3) is 2.67. The number of hydrogen-bond acceptors (Lipinski definition) is 2. The average molecular weight is 293 g/mol. The molecule has 0 spiro atoms. The van der Waals surface area contributed by atoms with Crippen LogP contribution in [-0.2, 0) is 0 Å². The van der Waals surface area contributed by atoms with Gasteiger partial charge in [0, 0.05) is 23.2 Å². The Morgan fingerprint density at radius 1 is 0.905 bits per heavy atom. The van der Waals surface area contributed by atoms with Crippen LogP contribution < -0.4 is 5.73 Å². The van der Waals surface area contributed by atoms with Gasteiger partial charge in [-0.3, -0.25) is 4.90 Å². The molecule has 4 unspecified atom stereocenters. The van der Waals surface area contributed by atoms with Gasteiger partial charge in [-0.1, -0.05) is 19.8 Å². The number of nitrogens with zero attached hydrogens (tertiary/aromatic N) is 1. The predicted octanol–water partition coefficient (Wildman–Crippen LogP) is 4.18. The fourth-order valence-electron chi connectivity index (χ4n) is 6.57. The fourth-order valence-corrected chi connectivity index (χ4v) is 6.57. The lowest BCUT2D eigenvalue weighted by Gasteiger charge is -2.61. The Kier molecular flexibility index (Phi) is 3.94. The monoisotopic (exact) mass is 292 g/mol. The molecule has 2 aliphatic carbocycles. The summed E-state index contributed by atoms with van der Waals surface area (Å²) in [6, 6.07) is 1.15. The summed E-state index contributed by atoms with van der Waals surface area (Å²) in [5.74, 6) is 2.80. The fraction of sp³-hybridized carbons (Fsp3) is 1.00. The van der Waals surface area contributed by atoms with Crippen molar-refractivity contribution < 1.29 is 0 Å². The van der Waals surface area contributed by atoms with Crippen molar-refractivity contribution in [1.29, 1.82) is 0 Å².